The number of methoxy groups -OCH3 is 1. The molecule has 1 aliphatic rings. The summed E-state index contributed by atoms with van der Waals surface area (Å²) < 4.78 is 10.2. The fourth-order valence-electron chi connectivity index (χ4n) is 3.21. The third kappa shape index (κ3) is 4.11. The van der Waals surface area contributed by atoms with E-state index in [1.54, 1.807) is 38.3 Å². The molecule has 3 atom stereocenters. The highest BCUT2D eigenvalue weighted by Gasteiger charge is 2.41. The highest BCUT2D eigenvalue weighted by Crippen LogP contribution is 2.28. The molecular formula is C21H23NO5. The second-order valence-electron chi connectivity index (χ2n) is 6.64. The van der Waals surface area contributed by atoms with Gasteiger partial charge in [-0.05, 0) is 29.7 Å². The van der Waals surface area contributed by atoms with Crippen LogP contribution in [0.4, 0.5) is 4.79 Å². The van der Waals surface area contributed by atoms with Crippen LogP contribution in [0, 0.1) is 5.92 Å². The van der Waals surface area contributed by atoms with E-state index in [0.29, 0.717) is 17.7 Å². The molecule has 142 valence electrons. The van der Waals surface area contributed by atoms with E-state index in [9.17, 15) is 14.7 Å². The standard InChI is InChI=1S/C21H23NO5/c1-14(19(23)16-8-10-18(26-2)11-9-16)20(24)22-17(13-27-21(22)25)12-15-6-4-3-5-7-15/h3-11,14,17,19,23H,12-13H2,1-2H3/t14-,17+,19+/m1/s1. The van der Waals surface area contributed by atoms with Gasteiger partial charge in [0.15, 0.2) is 0 Å². The average molecular weight is 369 g/mol. The molecule has 0 aromatic heterocycles. The highest BCUT2D eigenvalue weighted by atomic mass is 16.6. The summed E-state index contributed by atoms with van der Waals surface area (Å²) in [5.74, 6) is -0.569. The second kappa shape index (κ2) is 8.22. The number of benzene rings is 2. The predicted molar refractivity (Wildman–Crippen MR) is 99.2 cm³/mol. The molecule has 1 saturated heterocycles. The van der Waals surface area contributed by atoms with Gasteiger partial charge in [-0.2, -0.15) is 0 Å². The number of aliphatic hydroxyl groups is 1. The number of nitrogens with zero attached hydrogens (tertiary/aromatic N) is 1. The molecule has 6 nitrogen and oxygen atoms in total. The zero-order chi connectivity index (χ0) is 19.4. The number of ether oxygens (including phenoxy) is 2. The van der Waals surface area contributed by atoms with Crippen molar-refractivity contribution >= 4 is 12.0 Å². The first kappa shape index (κ1) is 18.9. The van der Waals surface area contributed by atoms with Crippen molar-refractivity contribution in [2.24, 2.45) is 5.92 Å². The number of carbonyl (C=O) groups excluding carboxylic acids is 2. The molecule has 0 spiro atoms. The Bertz CT molecular complexity index is 790. The molecular weight excluding hydrogens is 346 g/mol. The Labute approximate surface area is 158 Å². The zero-order valence-electron chi connectivity index (χ0n) is 15.4. The monoisotopic (exact) mass is 369 g/mol. The minimum Gasteiger partial charge on any atom is -0.497 e. The van der Waals surface area contributed by atoms with E-state index >= 15 is 0 Å². The van der Waals surface area contributed by atoms with Crippen molar-refractivity contribution in [2.45, 2.75) is 25.5 Å². The maximum Gasteiger partial charge on any atom is 0.416 e. The van der Waals surface area contributed by atoms with Crippen LogP contribution >= 0.6 is 0 Å². The Kier molecular flexibility index (Phi) is 5.76. The van der Waals surface area contributed by atoms with E-state index in [1.165, 1.54) is 0 Å². The molecule has 1 aliphatic heterocycles. The van der Waals surface area contributed by atoms with Crippen LogP contribution in [0.15, 0.2) is 54.6 Å². The molecule has 2 aromatic carbocycles. The molecule has 2 aromatic rings. The van der Waals surface area contributed by atoms with Gasteiger partial charge in [-0.1, -0.05) is 49.4 Å². The third-order valence-electron chi connectivity index (χ3n) is 4.83. The summed E-state index contributed by atoms with van der Waals surface area (Å²) >= 11 is 0. The number of amides is 2. The van der Waals surface area contributed by atoms with Gasteiger partial charge in [0, 0.05) is 0 Å². The summed E-state index contributed by atoms with van der Waals surface area (Å²) in [7, 11) is 1.56. The molecule has 1 heterocycles. The molecule has 27 heavy (non-hydrogen) atoms. The first-order valence-electron chi connectivity index (χ1n) is 8.87. The van der Waals surface area contributed by atoms with Gasteiger partial charge in [0.05, 0.1) is 25.2 Å². The lowest BCUT2D eigenvalue weighted by atomic mass is 9.95. The van der Waals surface area contributed by atoms with E-state index in [-0.39, 0.29) is 12.6 Å². The van der Waals surface area contributed by atoms with E-state index < -0.39 is 24.0 Å². The highest BCUT2D eigenvalue weighted by molar-refractivity contribution is 5.95. The van der Waals surface area contributed by atoms with Gasteiger partial charge in [-0.3, -0.25) is 4.79 Å². The lowest BCUT2D eigenvalue weighted by molar-refractivity contribution is -0.136. The Morgan fingerprint density at radius 2 is 1.89 bits per heavy atom. The topological polar surface area (TPSA) is 76.1 Å². The van der Waals surface area contributed by atoms with E-state index in [1.807, 2.05) is 30.3 Å². The minimum absolute atomic E-state index is 0.158. The number of carbonyl (C=O) groups is 2. The number of hydrogen-bond acceptors (Lipinski definition) is 5. The minimum atomic E-state index is -1.03. The van der Waals surface area contributed by atoms with Crippen LogP contribution in [0.2, 0.25) is 0 Å². The molecule has 6 heteroatoms. The quantitative estimate of drug-likeness (QED) is 0.847. The van der Waals surface area contributed by atoms with Crippen LogP contribution in [-0.2, 0) is 16.0 Å². The Balaban J connectivity index is 1.73. The average Bonchev–Trinajstić information content (AvgIpc) is 3.07. The fourth-order valence-corrected chi connectivity index (χ4v) is 3.21. The van der Waals surface area contributed by atoms with Crippen molar-refractivity contribution in [1.82, 2.24) is 4.90 Å². The molecule has 0 radical (unpaired) electrons. The lowest BCUT2D eigenvalue weighted by Crippen LogP contribution is -2.44. The van der Waals surface area contributed by atoms with Gasteiger partial charge in [0.2, 0.25) is 5.91 Å². The molecule has 0 saturated carbocycles. The molecule has 0 aliphatic carbocycles. The number of cyclic esters (lactones) is 1. The van der Waals surface area contributed by atoms with Crippen molar-refractivity contribution in [3.8, 4) is 5.75 Å². The largest absolute Gasteiger partial charge is 0.497 e. The fraction of sp³-hybridized carbons (Fsp3) is 0.333. The molecule has 2 amide bonds. The summed E-state index contributed by atoms with van der Waals surface area (Å²) in [5, 5.41) is 10.6. The SMILES string of the molecule is COc1ccc([C@@H](O)[C@@H](C)C(=O)N2C(=O)OC[C@@H]2Cc2ccccc2)cc1. The van der Waals surface area contributed by atoms with E-state index in [4.69, 9.17) is 9.47 Å². The molecule has 0 unspecified atom stereocenters. The van der Waals surface area contributed by atoms with Crippen molar-refractivity contribution in [3.05, 3.63) is 65.7 Å². The zero-order valence-corrected chi connectivity index (χ0v) is 15.4. The van der Waals surface area contributed by atoms with Crippen molar-refractivity contribution in [2.75, 3.05) is 13.7 Å². The Morgan fingerprint density at radius 1 is 1.22 bits per heavy atom. The van der Waals surface area contributed by atoms with Gasteiger partial charge >= 0.3 is 6.09 Å². The summed E-state index contributed by atoms with van der Waals surface area (Å²) in [6.07, 6.45) is -1.17. The lowest BCUT2D eigenvalue weighted by Gasteiger charge is -2.26. The number of imide groups is 1. The summed E-state index contributed by atoms with van der Waals surface area (Å²) in [6.45, 7) is 1.77. The van der Waals surface area contributed by atoms with Gasteiger partial charge in [0.25, 0.3) is 0 Å². The van der Waals surface area contributed by atoms with Crippen LogP contribution in [0.25, 0.3) is 0 Å². The van der Waals surface area contributed by atoms with E-state index in [0.717, 1.165) is 10.5 Å². The summed E-state index contributed by atoms with van der Waals surface area (Å²) in [5.41, 5.74) is 1.60. The van der Waals surface area contributed by atoms with Crippen LogP contribution in [0.5, 0.6) is 5.75 Å². The maximum absolute atomic E-state index is 12.9. The van der Waals surface area contributed by atoms with Gasteiger partial charge in [-0.25, -0.2) is 9.69 Å². The number of rotatable bonds is 6. The Morgan fingerprint density at radius 3 is 2.52 bits per heavy atom. The maximum atomic E-state index is 12.9. The van der Waals surface area contributed by atoms with Gasteiger partial charge < -0.3 is 14.6 Å². The normalized spacial score (nSPS) is 18.7. The summed E-state index contributed by atoms with van der Waals surface area (Å²) in [6, 6.07) is 16.1. The molecule has 1 fully saturated rings. The Hall–Kier alpha value is -2.86. The molecule has 0 bridgehead atoms. The van der Waals surface area contributed by atoms with Crippen molar-refractivity contribution in [1.29, 1.82) is 0 Å². The van der Waals surface area contributed by atoms with Crippen molar-refractivity contribution in [3.63, 3.8) is 0 Å². The van der Waals surface area contributed by atoms with E-state index in [2.05, 4.69) is 0 Å². The number of aliphatic hydroxyl groups excluding tert-OH is 1. The first-order valence-corrected chi connectivity index (χ1v) is 8.87. The first-order chi connectivity index (χ1) is 13.0. The molecule has 1 N–H and O–H groups in total. The summed E-state index contributed by atoms with van der Waals surface area (Å²) in [4.78, 5) is 26.2. The van der Waals surface area contributed by atoms with Crippen LogP contribution in [0.3, 0.4) is 0 Å². The van der Waals surface area contributed by atoms with Crippen LogP contribution in [0.1, 0.15) is 24.2 Å². The van der Waals surface area contributed by atoms with Crippen LogP contribution < -0.4 is 4.74 Å². The molecule has 3 rings (SSSR count). The van der Waals surface area contributed by atoms with Gasteiger partial charge in [0.1, 0.15) is 12.4 Å². The van der Waals surface area contributed by atoms with Gasteiger partial charge in [-0.15, -0.1) is 0 Å². The smallest absolute Gasteiger partial charge is 0.416 e. The van der Waals surface area contributed by atoms with Crippen LogP contribution in [-0.4, -0.2) is 41.8 Å². The third-order valence-corrected chi connectivity index (χ3v) is 4.83. The second-order valence-corrected chi connectivity index (χ2v) is 6.64. The van der Waals surface area contributed by atoms with Crippen molar-refractivity contribution < 1.29 is 24.2 Å². The number of hydrogen-bond donors (Lipinski definition) is 1. The predicted octanol–water partition coefficient (Wildman–Crippen LogP) is 2.95.